The van der Waals surface area contributed by atoms with Crippen molar-refractivity contribution in [1.29, 1.82) is 0 Å². The molecular formula is C20H28N2O3. The first-order valence-corrected chi connectivity index (χ1v) is 9.23. The molecule has 25 heavy (non-hydrogen) atoms. The van der Waals surface area contributed by atoms with Gasteiger partial charge in [0.2, 0.25) is 0 Å². The summed E-state index contributed by atoms with van der Waals surface area (Å²) in [5, 5.41) is 3.01. The molecule has 1 N–H and O–H groups in total. The fraction of sp³-hybridized carbons (Fsp3) is 0.550. The first-order chi connectivity index (χ1) is 12.3. The van der Waals surface area contributed by atoms with Gasteiger partial charge >= 0.3 is 6.03 Å². The smallest absolute Gasteiger partial charge is 0.322 e. The lowest BCUT2D eigenvalue weighted by Gasteiger charge is -2.29. The van der Waals surface area contributed by atoms with Crippen molar-refractivity contribution in [3.8, 4) is 5.75 Å². The molecule has 1 saturated heterocycles. The third-order valence-electron chi connectivity index (χ3n) is 4.89. The molecule has 5 nitrogen and oxygen atoms in total. The van der Waals surface area contributed by atoms with Gasteiger partial charge in [0.15, 0.2) is 0 Å². The van der Waals surface area contributed by atoms with Crippen LogP contribution in [0.2, 0.25) is 0 Å². The zero-order valence-electron chi connectivity index (χ0n) is 14.9. The molecule has 136 valence electrons. The molecule has 0 saturated carbocycles. The normalized spacial score (nSPS) is 22.6. The molecule has 1 aliphatic heterocycles. The Morgan fingerprint density at radius 1 is 1.28 bits per heavy atom. The van der Waals surface area contributed by atoms with E-state index in [1.807, 2.05) is 29.2 Å². The van der Waals surface area contributed by atoms with E-state index in [9.17, 15) is 4.79 Å². The van der Waals surface area contributed by atoms with Crippen LogP contribution in [0.15, 0.2) is 36.4 Å². The molecule has 1 aliphatic carbocycles. The fourth-order valence-corrected chi connectivity index (χ4v) is 3.53. The summed E-state index contributed by atoms with van der Waals surface area (Å²) < 4.78 is 11.1. The van der Waals surface area contributed by atoms with Gasteiger partial charge in [-0.15, -0.1) is 0 Å². The highest BCUT2D eigenvalue weighted by Crippen LogP contribution is 2.25. The van der Waals surface area contributed by atoms with E-state index in [-0.39, 0.29) is 12.1 Å². The van der Waals surface area contributed by atoms with Crippen LogP contribution in [-0.4, -0.2) is 43.8 Å². The molecule has 0 aromatic heterocycles. The van der Waals surface area contributed by atoms with Gasteiger partial charge in [0.25, 0.3) is 0 Å². The second-order valence-corrected chi connectivity index (χ2v) is 6.79. The summed E-state index contributed by atoms with van der Waals surface area (Å²) in [7, 11) is 1.61. The number of nitrogens with one attached hydrogen (secondary N) is 1. The van der Waals surface area contributed by atoms with Gasteiger partial charge in [-0.25, -0.2) is 4.79 Å². The molecule has 3 rings (SSSR count). The van der Waals surface area contributed by atoms with E-state index in [2.05, 4.69) is 17.5 Å². The summed E-state index contributed by atoms with van der Waals surface area (Å²) >= 11 is 0. The molecule has 0 radical (unpaired) electrons. The number of para-hydroxylation sites is 2. The number of allylic oxidation sites excluding steroid dienone is 1. The SMILES string of the molecule is COc1ccccc1NC(=O)N(C[C@@H]1C=CCCC1)C[C@H]1CCCO1. The van der Waals surface area contributed by atoms with Gasteiger partial charge in [0, 0.05) is 19.7 Å². The quantitative estimate of drug-likeness (QED) is 0.792. The fourth-order valence-electron chi connectivity index (χ4n) is 3.53. The van der Waals surface area contributed by atoms with Crippen molar-refractivity contribution in [3.63, 3.8) is 0 Å². The Kier molecular flexibility index (Phi) is 6.34. The largest absolute Gasteiger partial charge is 0.495 e. The number of methoxy groups -OCH3 is 1. The van der Waals surface area contributed by atoms with Crippen LogP contribution in [0, 0.1) is 5.92 Å². The Balaban J connectivity index is 1.68. The van der Waals surface area contributed by atoms with Gasteiger partial charge in [-0.05, 0) is 50.2 Å². The Labute approximate surface area is 150 Å². The van der Waals surface area contributed by atoms with Gasteiger partial charge in [-0.2, -0.15) is 0 Å². The van der Waals surface area contributed by atoms with E-state index < -0.39 is 0 Å². The molecule has 0 bridgehead atoms. The predicted molar refractivity (Wildman–Crippen MR) is 99.0 cm³/mol. The Bertz CT molecular complexity index is 596. The topological polar surface area (TPSA) is 50.8 Å². The zero-order valence-corrected chi connectivity index (χ0v) is 14.9. The summed E-state index contributed by atoms with van der Waals surface area (Å²) in [6, 6.07) is 7.42. The summed E-state index contributed by atoms with van der Waals surface area (Å²) in [6.07, 6.45) is 10.2. The van der Waals surface area contributed by atoms with Crippen molar-refractivity contribution in [2.24, 2.45) is 5.92 Å². The van der Waals surface area contributed by atoms with Gasteiger partial charge in [0.1, 0.15) is 5.75 Å². The summed E-state index contributed by atoms with van der Waals surface area (Å²) in [6.45, 7) is 2.18. The Morgan fingerprint density at radius 3 is 2.88 bits per heavy atom. The number of nitrogens with zero attached hydrogens (tertiary/aromatic N) is 1. The standard InChI is InChI=1S/C20H28N2O3/c1-24-19-12-6-5-11-18(19)21-20(23)22(15-17-10-7-13-25-17)14-16-8-3-2-4-9-16/h3,5-6,8,11-12,16-17H,2,4,7,9-10,13-15H2,1H3,(H,21,23)/t16-,17-/m1/s1. The highest BCUT2D eigenvalue weighted by atomic mass is 16.5. The van der Waals surface area contributed by atoms with Crippen LogP contribution in [0.5, 0.6) is 5.75 Å². The number of rotatable bonds is 6. The number of hydrogen-bond donors (Lipinski definition) is 1. The molecule has 0 spiro atoms. The van der Waals surface area contributed by atoms with Crippen molar-refractivity contribution >= 4 is 11.7 Å². The number of urea groups is 1. The number of ether oxygens (including phenoxy) is 2. The Morgan fingerprint density at radius 2 is 2.16 bits per heavy atom. The van der Waals surface area contributed by atoms with Gasteiger partial charge in [-0.1, -0.05) is 24.3 Å². The number of carbonyl (C=O) groups is 1. The lowest BCUT2D eigenvalue weighted by Crippen LogP contribution is -2.42. The third-order valence-corrected chi connectivity index (χ3v) is 4.89. The maximum absolute atomic E-state index is 12.9. The van der Waals surface area contributed by atoms with E-state index in [0.717, 1.165) is 38.8 Å². The summed E-state index contributed by atoms with van der Waals surface area (Å²) in [4.78, 5) is 14.8. The molecular weight excluding hydrogens is 316 g/mol. The van der Waals surface area contributed by atoms with Crippen molar-refractivity contribution in [2.45, 2.75) is 38.2 Å². The lowest BCUT2D eigenvalue weighted by molar-refractivity contribution is 0.0807. The average molecular weight is 344 g/mol. The summed E-state index contributed by atoms with van der Waals surface area (Å²) in [5.41, 5.74) is 0.700. The van der Waals surface area contributed by atoms with Crippen molar-refractivity contribution in [2.75, 3.05) is 32.1 Å². The molecule has 1 aromatic carbocycles. The molecule has 1 aromatic rings. The number of anilines is 1. The third kappa shape index (κ3) is 4.98. The monoisotopic (exact) mass is 344 g/mol. The molecule has 2 atom stereocenters. The van der Waals surface area contributed by atoms with E-state index in [0.29, 0.717) is 23.9 Å². The highest BCUT2D eigenvalue weighted by molar-refractivity contribution is 5.91. The van der Waals surface area contributed by atoms with Crippen LogP contribution in [0.1, 0.15) is 32.1 Å². The lowest BCUT2D eigenvalue weighted by atomic mass is 9.95. The Hall–Kier alpha value is -2.01. The van der Waals surface area contributed by atoms with Gasteiger partial charge < -0.3 is 19.7 Å². The number of hydrogen-bond acceptors (Lipinski definition) is 3. The van der Waals surface area contributed by atoms with Crippen molar-refractivity contribution in [3.05, 3.63) is 36.4 Å². The van der Waals surface area contributed by atoms with Crippen LogP contribution in [0.25, 0.3) is 0 Å². The number of carbonyl (C=O) groups excluding carboxylic acids is 1. The first kappa shape index (κ1) is 17.8. The minimum absolute atomic E-state index is 0.0843. The molecule has 1 heterocycles. The minimum atomic E-state index is -0.0843. The zero-order chi connectivity index (χ0) is 17.5. The molecule has 2 aliphatic rings. The average Bonchev–Trinajstić information content (AvgIpc) is 3.15. The molecule has 0 unspecified atom stereocenters. The van der Waals surface area contributed by atoms with E-state index in [1.54, 1.807) is 7.11 Å². The molecule has 1 fully saturated rings. The first-order valence-electron chi connectivity index (χ1n) is 9.23. The summed E-state index contributed by atoms with van der Waals surface area (Å²) in [5.74, 6) is 1.10. The van der Waals surface area contributed by atoms with Crippen LogP contribution in [0.3, 0.4) is 0 Å². The maximum atomic E-state index is 12.9. The van der Waals surface area contributed by atoms with Crippen molar-refractivity contribution < 1.29 is 14.3 Å². The number of amides is 2. The van der Waals surface area contributed by atoms with Crippen LogP contribution in [-0.2, 0) is 4.74 Å². The number of benzene rings is 1. The highest BCUT2D eigenvalue weighted by Gasteiger charge is 2.25. The van der Waals surface area contributed by atoms with E-state index in [1.165, 1.54) is 6.42 Å². The van der Waals surface area contributed by atoms with Crippen LogP contribution in [0.4, 0.5) is 10.5 Å². The van der Waals surface area contributed by atoms with Gasteiger partial charge in [-0.3, -0.25) is 0 Å². The van der Waals surface area contributed by atoms with E-state index in [4.69, 9.17) is 9.47 Å². The molecule has 2 amide bonds. The second-order valence-electron chi connectivity index (χ2n) is 6.79. The van der Waals surface area contributed by atoms with Gasteiger partial charge in [0.05, 0.1) is 18.9 Å². The van der Waals surface area contributed by atoms with Crippen molar-refractivity contribution in [1.82, 2.24) is 4.90 Å². The van der Waals surface area contributed by atoms with E-state index >= 15 is 0 Å². The predicted octanol–water partition coefficient (Wildman–Crippen LogP) is 4.06. The van der Waals surface area contributed by atoms with Crippen LogP contribution < -0.4 is 10.1 Å². The van der Waals surface area contributed by atoms with Crippen LogP contribution >= 0.6 is 0 Å². The molecule has 5 heteroatoms. The maximum Gasteiger partial charge on any atom is 0.322 e. The second kappa shape index (κ2) is 8.90. The minimum Gasteiger partial charge on any atom is -0.495 e.